The number of aromatic nitrogens is 2. The molecule has 19 heavy (non-hydrogen) atoms. The van der Waals surface area contributed by atoms with Gasteiger partial charge in [-0.2, -0.15) is 0 Å². The number of H-pyrrole nitrogens is 1. The zero-order chi connectivity index (χ0) is 14.0. The maximum Gasteiger partial charge on any atom is 0.330 e. The van der Waals surface area contributed by atoms with Gasteiger partial charge in [0.15, 0.2) is 0 Å². The first-order chi connectivity index (χ1) is 9.06. The van der Waals surface area contributed by atoms with Crippen molar-refractivity contribution in [3.05, 3.63) is 32.6 Å². The van der Waals surface area contributed by atoms with Gasteiger partial charge >= 0.3 is 5.69 Å². The summed E-state index contributed by atoms with van der Waals surface area (Å²) in [5.74, 6) is 0. The molecule has 1 aliphatic rings. The number of ether oxygens (including phenoxy) is 1. The Bertz CT molecular complexity index is 556. The maximum absolute atomic E-state index is 11.8. The van der Waals surface area contributed by atoms with Crippen molar-refractivity contribution in [3.63, 3.8) is 0 Å². The van der Waals surface area contributed by atoms with E-state index in [0.29, 0.717) is 12.0 Å². The molecular weight excluding hydrogens is 288 g/mol. The number of hydrogen-bond acceptors (Lipinski definition) is 6. The Morgan fingerprint density at radius 1 is 1.58 bits per heavy atom. The lowest BCUT2D eigenvalue weighted by molar-refractivity contribution is -0.0238. The number of aliphatic hydroxyl groups is 1. The van der Waals surface area contributed by atoms with Crippen LogP contribution in [0.3, 0.4) is 0 Å². The van der Waals surface area contributed by atoms with E-state index in [4.69, 9.17) is 4.74 Å². The van der Waals surface area contributed by atoms with Crippen molar-refractivity contribution in [1.82, 2.24) is 9.55 Å². The van der Waals surface area contributed by atoms with E-state index in [1.807, 2.05) is 6.26 Å². The van der Waals surface area contributed by atoms with Crippen molar-refractivity contribution in [2.75, 3.05) is 12.9 Å². The number of nitrogens with one attached hydrogen (secondary N) is 1. The van der Waals surface area contributed by atoms with Gasteiger partial charge in [0.05, 0.1) is 12.7 Å². The molecule has 2 rings (SSSR count). The van der Waals surface area contributed by atoms with Crippen LogP contribution in [0.25, 0.3) is 0 Å². The molecule has 1 fully saturated rings. The smallest absolute Gasteiger partial charge is 0.330 e. The van der Waals surface area contributed by atoms with Crippen molar-refractivity contribution in [1.29, 1.82) is 0 Å². The molecule has 2 heterocycles. The summed E-state index contributed by atoms with van der Waals surface area (Å²) in [6, 6.07) is 0. The van der Waals surface area contributed by atoms with Gasteiger partial charge in [-0.25, -0.2) is 4.79 Å². The molecule has 2 N–H and O–H groups in total. The number of nitrogens with zero attached hydrogens (tertiary/aromatic N) is 1. The minimum absolute atomic E-state index is 0.0776. The fraction of sp³-hybridized carbons (Fsp3) is 0.636. The van der Waals surface area contributed by atoms with Crippen molar-refractivity contribution in [3.8, 4) is 0 Å². The van der Waals surface area contributed by atoms with E-state index in [1.165, 1.54) is 10.8 Å². The molecule has 3 atom stereocenters. The number of aryl methyl sites for hydroxylation is 1. The molecule has 1 unspecified atom stereocenters. The van der Waals surface area contributed by atoms with Crippen LogP contribution in [-0.2, 0) is 4.74 Å². The third-order valence-corrected chi connectivity index (χ3v) is 5.29. The lowest BCUT2D eigenvalue weighted by atomic mass is 10.2. The van der Waals surface area contributed by atoms with Crippen LogP contribution in [0.15, 0.2) is 15.8 Å². The van der Waals surface area contributed by atoms with E-state index < -0.39 is 11.9 Å². The highest BCUT2D eigenvalue weighted by atomic mass is 33.1. The minimum atomic E-state index is -0.480. The van der Waals surface area contributed by atoms with Crippen molar-refractivity contribution in [2.24, 2.45) is 0 Å². The second kappa shape index (κ2) is 6.17. The first-order valence-corrected chi connectivity index (χ1v) is 8.46. The van der Waals surface area contributed by atoms with Gasteiger partial charge in [-0.3, -0.25) is 14.3 Å². The van der Waals surface area contributed by atoms with Crippen molar-refractivity contribution in [2.45, 2.75) is 30.9 Å². The molecule has 0 amide bonds. The fourth-order valence-electron chi connectivity index (χ4n) is 2.06. The van der Waals surface area contributed by atoms with Gasteiger partial charge in [0.1, 0.15) is 6.23 Å². The highest BCUT2D eigenvalue weighted by molar-refractivity contribution is 8.76. The number of hydrogen-bond donors (Lipinski definition) is 2. The predicted octanol–water partition coefficient (Wildman–Crippen LogP) is 0.505. The summed E-state index contributed by atoms with van der Waals surface area (Å²) in [7, 11) is 3.23. The van der Waals surface area contributed by atoms with Gasteiger partial charge in [-0.15, -0.1) is 0 Å². The predicted molar refractivity (Wildman–Crippen MR) is 76.6 cm³/mol. The third-order valence-electron chi connectivity index (χ3n) is 3.04. The molecule has 1 saturated heterocycles. The first-order valence-electron chi connectivity index (χ1n) is 5.84. The van der Waals surface area contributed by atoms with Crippen LogP contribution in [-0.4, -0.2) is 38.9 Å². The summed E-state index contributed by atoms with van der Waals surface area (Å²) >= 11 is 0. The molecule has 6 nitrogen and oxygen atoms in total. The van der Waals surface area contributed by atoms with Gasteiger partial charge < -0.3 is 9.84 Å². The molecule has 8 heteroatoms. The van der Waals surface area contributed by atoms with Crippen LogP contribution >= 0.6 is 21.6 Å². The van der Waals surface area contributed by atoms with Crippen LogP contribution < -0.4 is 11.2 Å². The SMILES string of the molecule is CSSC1C[C@H](n2cc(C)c(=O)[nH]c2=O)O[C@@H]1CO. The first kappa shape index (κ1) is 14.7. The lowest BCUT2D eigenvalue weighted by Crippen LogP contribution is -2.33. The number of rotatable bonds is 4. The summed E-state index contributed by atoms with van der Waals surface area (Å²) in [6.07, 6.45) is 3.36. The van der Waals surface area contributed by atoms with E-state index in [-0.39, 0.29) is 23.5 Å². The molecular formula is C11H16N2O4S2. The van der Waals surface area contributed by atoms with E-state index >= 15 is 0 Å². The van der Waals surface area contributed by atoms with Gasteiger partial charge in [0, 0.05) is 23.4 Å². The van der Waals surface area contributed by atoms with Crippen LogP contribution in [0, 0.1) is 6.92 Å². The molecule has 0 aliphatic carbocycles. The Morgan fingerprint density at radius 2 is 2.32 bits per heavy atom. The molecule has 0 aromatic carbocycles. The Kier molecular flexibility index (Phi) is 4.77. The van der Waals surface area contributed by atoms with E-state index in [2.05, 4.69) is 4.98 Å². The van der Waals surface area contributed by atoms with Crippen molar-refractivity contribution >= 4 is 21.6 Å². The zero-order valence-corrected chi connectivity index (χ0v) is 12.3. The molecule has 0 saturated carbocycles. The highest BCUT2D eigenvalue weighted by Crippen LogP contribution is 2.39. The van der Waals surface area contributed by atoms with Gasteiger partial charge in [0.25, 0.3) is 5.56 Å². The highest BCUT2D eigenvalue weighted by Gasteiger charge is 2.36. The van der Waals surface area contributed by atoms with E-state index in [1.54, 1.807) is 28.5 Å². The number of aromatic amines is 1. The Balaban J connectivity index is 2.27. The average molecular weight is 304 g/mol. The summed E-state index contributed by atoms with van der Waals surface area (Å²) in [6.45, 7) is 1.56. The van der Waals surface area contributed by atoms with Crippen molar-refractivity contribution < 1.29 is 9.84 Å². The second-order valence-electron chi connectivity index (χ2n) is 4.33. The summed E-state index contributed by atoms with van der Waals surface area (Å²) in [4.78, 5) is 25.4. The van der Waals surface area contributed by atoms with Crippen LogP contribution in [0.4, 0.5) is 0 Å². The van der Waals surface area contributed by atoms with Gasteiger partial charge in [0.2, 0.25) is 0 Å². The quantitative estimate of drug-likeness (QED) is 0.788. The molecule has 0 spiro atoms. The molecule has 0 bridgehead atoms. The molecule has 106 valence electrons. The Hall–Kier alpha value is -0.700. The number of aliphatic hydroxyl groups excluding tert-OH is 1. The zero-order valence-electron chi connectivity index (χ0n) is 10.7. The summed E-state index contributed by atoms with van der Waals surface area (Å²) < 4.78 is 7.08. The fourth-order valence-corrected chi connectivity index (χ4v) is 4.17. The Morgan fingerprint density at radius 3 is 2.95 bits per heavy atom. The normalized spacial score (nSPS) is 26.8. The largest absolute Gasteiger partial charge is 0.394 e. The molecule has 1 aliphatic heterocycles. The third kappa shape index (κ3) is 3.07. The minimum Gasteiger partial charge on any atom is -0.394 e. The standard InChI is InChI=1S/C11H16N2O4S2/c1-6-4-13(11(16)12-10(6)15)9-3-8(19-18-2)7(5-14)17-9/h4,7-9,14H,3,5H2,1-2H3,(H,12,15,16)/t7-,8?,9-/m1/s1. The molecule has 0 radical (unpaired) electrons. The van der Waals surface area contributed by atoms with Crippen LogP contribution in [0.2, 0.25) is 0 Å². The van der Waals surface area contributed by atoms with Crippen LogP contribution in [0.5, 0.6) is 0 Å². The molecule has 1 aromatic heterocycles. The molecule has 1 aromatic rings. The van der Waals surface area contributed by atoms with Crippen LogP contribution in [0.1, 0.15) is 18.2 Å². The summed E-state index contributed by atoms with van der Waals surface area (Å²) in [5, 5.41) is 9.43. The Labute approximate surface area is 118 Å². The topological polar surface area (TPSA) is 84.3 Å². The maximum atomic E-state index is 11.8. The lowest BCUT2D eigenvalue weighted by Gasteiger charge is -2.15. The van der Waals surface area contributed by atoms with Gasteiger partial charge in [-0.1, -0.05) is 21.6 Å². The summed E-state index contributed by atoms with van der Waals surface area (Å²) in [5.41, 5.74) is -0.398. The van der Waals surface area contributed by atoms with Gasteiger partial charge in [-0.05, 0) is 13.2 Å². The second-order valence-corrected chi connectivity index (χ2v) is 7.04. The average Bonchev–Trinajstić information content (AvgIpc) is 2.77. The van der Waals surface area contributed by atoms with E-state index in [0.717, 1.165) is 0 Å². The monoisotopic (exact) mass is 304 g/mol. The van der Waals surface area contributed by atoms with E-state index in [9.17, 15) is 14.7 Å².